The number of hydrogen-bond acceptors (Lipinski definition) is 3. The molecule has 0 heterocycles. The molecule has 0 fully saturated rings. The Morgan fingerprint density at radius 1 is 1.04 bits per heavy atom. The Labute approximate surface area is 160 Å². The zero-order valence-corrected chi connectivity index (χ0v) is 15.7. The predicted octanol–water partition coefficient (Wildman–Crippen LogP) is 6.10. The van der Waals surface area contributed by atoms with E-state index in [-0.39, 0.29) is 5.57 Å². The molecule has 0 saturated heterocycles. The fraction of sp³-hybridized carbons (Fsp3) is 0.125. The number of esters is 1. The molecule has 0 aliphatic heterocycles. The quantitative estimate of drug-likeness (QED) is 0.265. The van der Waals surface area contributed by atoms with Crippen LogP contribution in [-0.4, -0.2) is 11.1 Å². The van der Waals surface area contributed by atoms with Gasteiger partial charge in [-0.15, -0.1) is 0 Å². The average Bonchev–Trinajstić information content (AvgIpc) is 2.73. The van der Waals surface area contributed by atoms with E-state index < -0.39 is 5.97 Å². The van der Waals surface area contributed by atoms with E-state index in [0.29, 0.717) is 5.75 Å². The van der Waals surface area contributed by atoms with Crippen molar-refractivity contribution in [3.63, 3.8) is 0 Å². The summed E-state index contributed by atoms with van der Waals surface area (Å²) in [4.78, 5) is 11.4. The molecule has 0 aliphatic rings. The van der Waals surface area contributed by atoms with Gasteiger partial charge in [-0.2, -0.15) is 0 Å². The zero-order valence-electron chi connectivity index (χ0n) is 15.7. The molecule has 3 nitrogen and oxygen atoms in total. The first-order chi connectivity index (χ1) is 13.1. The second kappa shape index (κ2) is 9.97. The van der Waals surface area contributed by atoms with Gasteiger partial charge < -0.3 is 9.84 Å². The smallest absolute Gasteiger partial charge is 0.342 e. The van der Waals surface area contributed by atoms with Gasteiger partial charge in [-0.1, -0.05) is 74.2 Å². The van der Waals surface area contributed by atoms with Crippen LogP contribution in [0.2, 0.25) is 0 Å². The second-order valence-corrected chi connectivity index (χ2v) is 5.97. The standard InChI is InChI=1S/C14H12O3.C10H12/c1-10(9-15)14(16)17-13-7-6-11-4-2-3-5-12(11)8-13;1-3-9-7-5-6-8-10(9)4-2/h2-9,15H,1H3;3,5-8H,1,4H2,2H3. The van der Waals surface area contributed by atoms with Gasteiger partial charge in [0.25, 0.3) is 0 Å². The first-order valence-electron chi connectivity index (χ1n) is 8.81. The number of hydrogen-bond donors (Lipinski definition) is 1. The van der Waals surface area contributed by atoms with Crippen molar-refractivity contribution in [3.8, 4) is 5.75 Å². The lowest BCUT2D eigenvalue weighted by Gasteiger charge is -2.05. The number of ether oxygens (including phenoxy) is 1. The molecule has 3 heteroatoms. The lowest BCUT2D eigenvalue weighted by atomic mass is 10.1. The van der Waals surface area contributed by atoms with E-state index in [9.17, 15) is 4.79 Å². The molecule has 0 aromatic heterocycles. The Kier molecular flexibility index (Phi) is 7.38. The number of aliphatic hydroxyl groups excluding tert-OH is 1. The SMILES string of the molecule is C=Cc1ccccc1CC.CC(=CO)C(=O)Oc1ccc2ccccc2c1. The molecule has 3 rings (SSSR count). The lowest BCUT2D eigenvalue weighted by molar-refractivity contribution is -0.130. The third-order valence-corrected chi connectivity index (χ3v) is 4.10. The minimum absolute atomic E-state index is 0.165. The minimum atomic E-state index is -0.553. The van der Waals surface area contributed by atoms with Crippen LogP contribution in [-0.2, 0) is 11.2 Å². The summed E-state index contributed by atoms with van der Waals surface area (Å²) < 4.78 is 5.11. The first-order valence-corrected chi connectivity index (χ1v) is 8.81. The molecule has 138 valence electrons. The number of fused-ring (bicyclic) bond motifs is 1. The van der Waals surface area contributed by atoms with Crippen LogP contribution in [0.1, 0.15) is 25.0 Å². The van der Waals surface area contributed by atoms with E-state index in [1.165, 1.54) is 18.1 Å². The molecule has 0 bridgehead atoms. The Morgan fingerprint density at radius 3 is 2.33 bits per heavy atom. The average molecular weight is 360 g/mol. The molecule has 3 aromatic rings. The van der Waals surface area contributed by atoms with Gasteiger partial charge in [0.1, 0.15) is 5.75 Å². The van der Waals surface area contributed by atoms with E-state index in [1.54, 1.807) is 12.1 Å². The molecule has 27 heavy (non-hydrogen) atoms. The van der Waals surface area contributed by atoms with Gasteiger partial charge in [0.15, 0.2) is 0 Å². The van der Waals surface area contributed by atoms with Gasteiger partial charge in [0, 0.05) is 0 Å². The van der Waals surface area contributed by atoms with E-state index >= 15 is 0 Å². The number of rotatable bonds is 4. The number of aryl methyl sites for hydroxylation is 1. The summed E-state index contributed by atoms with van der Waals surface area (Å²) in [6, 6.07) is 21.5. The maximum atomic E-state index is 11.4. The molecule has 0 amide bonds. The van der Waals surface area contributed by atoms with Crippen LogP contribution in [0.5, 0.6) is 5.75 Å². The number of aliphatic hydroxyl groups is 1. The Bertz CT molecular complexity index is 955. The summed E-state index contributed by atoms with van der Waals surface area (Å²) in [7, 11) is 0. The van der Waals surface area contributed by atoms with Crippen molar-refractivity contribution in [3.05, 3.63) is 96.3 Å². The van der Waals surface area contributed by atoms with Gasteiger partial charge in [-0.3, -0.25) is 0 Å². The molecule has 1 N–H and O–H groups in total. The monoisotopic (exact) mass is 360 g/mol. The maximum Gasteiger partial charge on any atom is 0.342 e. The Morgan fingerprint density at radius 2 is 1.70 bits per heavy atom. The van der Waals surface area contributed by atoms with Crippen LogP contribution in [0.4, 0.5) is 0 Å². The van der Waals surface area contributed by atoms with Crippen LogP contribution in [0.3, 0.4) is 0 Å². The van der Waals surface area contributed by atoms with E-state index in [4.69, 9.17) is 9.84 Å². The number of carbonyl (C=O) groups is 1. The van der Waals surface area contributed by atoms with Crippen molar-refractivity contribution in [2.75, 3.05) is 0 Å². The highest BCUT2D eigenvalue weighted by Gasteiger charge is 2.07. The summed E-state index contributed by atoms with van der Waals surface area (Å²) in [5.41, 5.74) is 2.79. The van der Waals surface area contributed by atoms with Crippen LogP contribution < -0.4 is 4.74 Å². The summed E-state index contributed by atoms with van der Waals surface area (Å²) >= 11 is 0. The van der Waals surface area contributed by atoms with Gasteiger partial charge in [0.2, 0.25) is 0 Å². The van der Waals surface area contributed by atoms with Crippen LogP contribution >= 0.6 is 0 Å². The maximum absolute atomic E-state index is 11.4. The van der Waals surface area contributed by atoms with Crippen molar-refractivity contribution in [1.82, 2.24) is 0 Å². The summed E-state index contributed by atoms with van der Waals surface area (Å²) in [5.74, 6) is -0.0855. The molecule has 0 unspecified atom stereocenters. The normalized spacial score (nSPS) is 10.7. The van der Waals surface area contributed by atoms with Gasteiger partial charge >= 0.3 is 5.97 Å². The topological polar surface area (TPSA) is 46.5 Å². The fourth-order valence-corrected chi connectivity index (χ4v) is 2.53. The van der Waals surface area contributed by atoms with E-state index in [2.05, 4.69) is 31.7 Å². The number of carbonyl (C=O) groups excluding carboxylic acids is 1. The van der Waals surface area contributed by atoms with E-state index in [1.807, 2.05) is 42.5 Å². The number of benzene rings is 3. The summed E-state index contributed by atoms with van der Waals surface area (Å²) in [5, 5.41) is 10.8. The highest BCUT2D eigenvalue weighted by Crippen LogP contribution is 2.21. The first kappa shape index (κ1) is 20.0. The second-order valence-electron chi connectivity index (χ2n) is 5.97. The Hall–Kier alpha value is -3.33. The molecule has 0 atom stereocenters. The van der Waals surface area contributed by atoms with Crippen LogP contribution in [0, 0.1) is 0 Å². The van der Waals surface area contributed by atoms with E-state index in [0.717, 1.165) is 23.5 Å². The fourth-order valence-electron chi connectivity index (χ4n) is 2.53. The molecular formula is C24H24O3. The third kappa shape index (κ3) is 5.58. The minimum Gasteiger partial charge on any atom is -0.515 e. The molecule has 3 aromatic carbocycles. The van der Waals surface area contributed by atoms with Crippen molar-refractivity contribution >= 4 is 22.8 Å². The zero-order chi connectivity index (χ0) is 19.6. The van der Waals surface area contributed by atoms with Gasteiger partial charge in [0.05, 0.1) is 11.8 Å². The van der Waals surface area contributed by atoms with Crippen molar-refractivity contribution in [2.45, 2.75) is 20.3 Å². The third-order valence-electron chi connectivity index (χ3n) is 4.10. The molecule has 0 aliphatic carbocycles. The van der Waals surface area contributed by atoms with Crippen molar-refractivity contribution in [1.29, 1.82) is 0 Å². The highest BCUT2D eigenvalue weighted by atomic mass is 16.5. The Balaban J connectivity index is 0.000000223. The summed E-state index contributed by atoms with van der Waals surface area (Å²) in [6.45, 7) is 7.38. The molecule has 0 spiro atoms. The van der Waals surface area contributed by atoms with Crippen LogP contribution in [0.15, 0.2) is 85.1 Å². The predicted molar refractivity (Wildman–Crippen MR) is 112 cm³/mol. The van der Waals surface area contributed by atoms with Gasteiger partial charge in [-0.25, -0.2) is 4.79 Å². The lowest BCUT2D eigenvalue weighted by Crippen LogP contribution is -2.08. The summed E-state index contributed by atoms with van der Waals surface area (Å²) in [6.07, 6.45) is 3.73. The van der Waals surface area contributed by atoms with Crippen LogP contribution in [0.25, 0.3) is 16.8 Å². The molecular weight excluding hydrogens is 336 g/mol. The molecule has 0 saturated carbocycles. The molecule has 0 radical (unpaired) electrons. The van der Waals surface area contributed by atoms with Gasteiger partial charge in [-0.05, 0) is 47.4 Å². The van der Waals surface area contributed by atoms with Crippen molar-refractivity contribution < 1.29 is 14.6 Å². The largest absolute Gasteiger partial charge is 0.515 e. The highest BCUT2D eigenvalue weighted by molar-refractivity contribution is 5.90. The van der Waals surface area contributed by atoms with Crippen molar-refractivity contribution in [2.24, 2.45) is 0 Å².